The van der Waals surface area contributed by atoms with E-state index in [1.54, 1.807) is 0 Å². The normalized spacial score (nSPS) is 10.4. The topological polar surface area (TPSA) is 61.3 Å². The number of aromatic nitrogens is 1. The third-order valence-corrected chi connectivity index (χ3v) is 2.80. The first-order chi connectivity index (χ1) is 7.70. The van der Waals surface area contributed by atoms with E-state index in [1.807, 2.05) is 0 Å². The lowest BCUT2D eigenvalue weighted by molar-refractivity contribution is 0.414. The molecule has 2 rings (SSSR count). The van der Waals surface area contributed by atoms with Crippen molar-refractivity contribution in [2.75, 3.05) is 12.8 Å². The Bertz CT molecular complexity index is 488. The van der Waals surface area contributed by atoms with Crippen molar-refractivity contribution < 1.29 is 13.5 Å². The zero-order valence-electron chi connectivity index (χ0n) is 8.44. The van der Waals surface area contributed by atoms with E-state index >= 15 is 0 Å². The van der Waals surface area contributed by atoms with Crippen molar-refractivity contribution in [3.63, 3.8) is 0 Å². The molecule has 0 saturated carbocycles. The second kappa shape index (κ2) is 4.44. The lowest BCUT2D eigenvalue weighted by Crippen LogP contribution is -1.94. The van der Waals surface area contributed by atoms with Gasteiger partial charge in [0.1, 0.15) is 17.8 Å². The van der Waals surface area contributed by atoms with Gasteiger partial charge in [0.25, 0.3) is 5.22 Å². The highest BCUT2D eigenvalue weighted by Crippen LogP contribution is 2.34. The van der Waals surface area contributed by atoms with Crippen LogP contribution in [0.3, 0.4) is 0 Å². The average Bonchev–Trinajstić information content (AvgIpc) is 2.75. The summed E-state index contributed by atoms with van der Waals surface area (Å²) in [5.74, 6) is -0.00282. The van der Waals surface area contributed by atoms with Crippen LogP contribution in [-0.4, -0.2) is 12.1 Å². The Kier molecular flexibility index (Phi) is 3.00. The van der Waals surface area contributed by atoms with E-state index in [1.165, 1.54) is 31.7 Å². The van der Waals surface area contributed by atoms with Gasteiger partial charge in [0.2, 0.25) is 0 Å². The maximum absolute atomic E-state index is 13.5. The Balaban J connectivity index is 2.33. The number of methoxy groups -OCH3 is 1. The number of nitrogens with two attached hydrogens (primary N) is 1. The minimum atomic E-state index is -0.429. The zero-order chi connectivity index (χ0) is 11.5. The summed E-state index contributed by atoms with van der Waals surface area (Å²) in [7, 11) is 1.48. The molecule has 1 aromatic heterocycles. The van der Waals surface area contributed by atoms with Crippen molar-refractivity contribution in [2.45, 2.75) is 10.1 Å². The van der Waals surface area contributed by atoms with Crippen molar-refractivity contribution in [1.29, 1.82) is 0 Å². The molecule has 0 bridgehead atoms. The second-order valence-corrected chi connectivity index (χ2v) is 3.92. The number of anilines is 1. The second-order valence-electron chi connectivity index (χ2n) is 2.92. The highest BCUT2D eigenvalue weighted by Gasteiger charge is 2.11. The fourth-order valence-electron chi connectivity index (χ4n) is 1.16. The predicted molar refractivity (Wildman–Crippen MR) is 58.0 cm³/mol. The number of rotatable bonds is 3. The summed E-state index contributed by atoms with van der Waals surface area (Å²) in [5, 5.41) is 0.366. The first-order valence-corrected chi connectivity index (χ1v) is 5.22. The molecule has 0 aliphatic heterocycles. The van der Waals surface area contributed by atoms with Crippen molar-refractivity contribution >= 4 is 17.4 Å². The maximum atomic E-state index is 13.5. The van der Waals surface area contributed by atoms with E-state index in [-0.39, 0.29) is 5.69 Å². The average molecular weight is 240 g/mol. The monoisotopic (exact) mass is 240 g/mol. The van der Waals surface area contributed by atoms with E-state index in [0.717, 1.165) is 11.8 Å². The van der Waals surface area contributed by atoms with Gasteiger partial charge in [0.15, 0.2) is 0 Å². The molecule has 1 aromatic carbocycles. The van der Waals surface area contributed by atoms with E-state index in [2.05, 4.69) is 4.98 Å². The molecular formula is C10H9FN2O2S. The van der Waals surface area contributed by atoms with Gasteiger partial charge in [-0.1, -0.05) is 0 Å². The quantitative estimate of drug-likeness (QED) is 0.835. The summed E-state index contributed by atoms with van der Waals surface area (Å²) >= 11 is 1.07. The number of halogens is 1. The SMILES string of the molecule is COc1cc(Sc2ncco2)c(F)cc1N. The smallest absolute Gasteiger partial charge is 0.260 e. The number of nitrogens with zero attached hydrogens (tertiary/aromatic N) is 1. The molecule has 1 heterocycles. The first kappa shape index (κ1) is 10.8. The third-order valence-electron chi connectivity index (χ3n) is 1.89. The Morgan fingerprint density at radius 1 is 1.50 bits per heavy atom. The summed E-state index contributed by atoms with van der Waals surface area (Å²) in [6, 6.07) is 2.73. The van der Waals surface area contributed by atoms with Crippen LogP contribution in [0.2, 0.25) is 0 Å². The van der Waals surface area contributed by atoms with Crippen molar-refractivity contribution in [1.82, 2.24) is 4.98 Å². The molecule has 0 saturated heterocycles. The van der Waals surface area contributed by atoms with Gasteiger partial charge in [-0.3, -0.25) is 0 Å². The molecule has 0 fully saturated rings. The van der Waals surface area contributed by atoms with Gasteiger partial charge in [-0.2, -0.15) is 0 Å². The fraction of sp³-hybridized carbons (Fsp3) is 0.100. The van der Waals surface area contributed by atoms with Crippen molar-refractivity contribution in [3.8, 4) is 5.75 Å². The summed E-state index contributed by atoms with van der Waals surface area (Å²) in [4.78, 5) is 4.24. The largest absolute Gasteiger partial charge is 0.495 e. The van der Waals surface area contributed by atoms with E-state index in [4.69, 9.17) is 14.9 Å². The zero-order valence-corrected chi connectivity index (χ0v) is 9.25. The maximum Gasteiger partial charge on any atom is 0.260 e. The molecule has 0 aliphatic carbocycles. The minimum absolute atomic E-state index is 0.261. The van der Waals surface area contributed by atoms with Gasteiger partial charge in [0, 0.05) is 6.07 Å². The van der Waals surface area contributed by atoms with Crippen molar-refractivity contribution in [2.24, 2.45) is 0 Å². The van der Waals surface area contributed by atoms with Gasteiger partial charge in [-0.25, -0.2) is 9.37 Å². The van der Waals surface area contributed by atoms with Crippen LogP contribution >= 0.6 is 11.8 Å². The molecule has 0 aliphatic rings. The van der Waals surface area contributed by atoms with Crippen LogP contribution < -0.4 is 10.5 Å². The van der Waals surface area contributed by atoms with Crippen LogP contribution in [0.1, 0.15) is 0 Å². The van der Waals surface area contributed by atoms with E-state index < -0.39 is 5.82 Å². The Labute approximate surface area is 95.6 Å². The molecule has 2 aromatic rings. The highest BCUT2D eigenvalue weighted by molar-refractivity contribution is 7.99. The minimum Gasteiger partial charge on any atom is -0.495 e. The van der Waals surface area contributed by atoms with Gasteiger partial charge in [-0.15, -0.1) is 0 Å². The predicted octanol–water partition coefficient (Wildman–Crippen LogP) is 2.56. The number of nitrogen functional groups attached to an aromatic ring is 1. The number of oxazole rings is 1. The van der Waals surface area contributed by atoms with Crippen LogP contribution in [-0.2, 0) is 0 Å². The molecule has 2 N–H and O–H groups in total. The number of ether oxygens (including phenoxy) is 1. The molecule has 6 heteroatoms. The third kappa shape index (κ3) is 2.11. The molecule has 0 unspecified atom stereocenters. The lowest BCUT2D eigenvalue weighted by Gasteiger charge is -2.07. The summed E-state index contributed by atoms with van der Waals surface area (Å²) in [6.45, 7) is 0. The summed E-state index contributed by atoms with van der Waals surface area (Å²) in [6.07, 6.45) is 2.92. The number of benzene rings is 1. The van der Waals surface area contributed by atoms with Gasteiger partial charge < -0.3 is 14.9 Å². The Morgan fingerprint density at radius 2 is 2.31 bits per heavy atom. The highest BCUT2D eigenvalue weighted by atomic mass is 32.2. The van der Waals surface area contributed by atoms with E-state index in [0.29, 0.717) is 15.9 Å². The van der Waals surface area contributed by atoms with E-state index in [9.17, 15) is 4.39 Å². The Morgan fingerprint density at radius 3 is 2.94 bits per heavy atom. The van der Waals surface area contributed by atoms with Crippen molar-refractivity contribution in [3.05, 3.63) is 30.4 Å². The standard InChI is InChI=1S/C10H9FN2O2S/c1-14-8-5-9(6(11)4-7(8)12)16-10-13-2-3-15-10/h2-5H,12H2,1H3. The Hall–Kier alpha value is -1.69. The molecule has 84 valence electrons. The van der Waals surface area contributed by atoms with Crippen LogP contribution in [0.15, 0.2) is 39.1 Å². The molecule has 0 radical (unpaired) electrons. The van der Waals surface area contributed by atoms with Gasteiger partial charge in [0.05, 0.1) is 23.9 Å². The molecule has 16 heavy (non-hydrogen) atoms. The molecule has 0 spiro atoms. The molecular weight excluding hydrogens is 231 g/mol. The molecule has 4 nitrogen and oxygen atoms in total. The summed E-state index contributed by atoms with van der Waals surface area (Å²) < 4.78 is 23.5. The number of hydrogen-bond donors (Lipinski definition) is 1. The summed E-state index contributed by atoms with van der Waals surface area (Å²) in [5.41, 5.74) is 5.82. The van der Waals surface area contributed by atoms with Crippen LogP contribution in [0.4, 0.5) is 10.1 Å². The fourth-order valence-corrected chi connectivity index (χ4v) is 1.89. The van der Waals surface area contributed by atoms with Crippen LogP contribution in [0.25, 0.3) is 0 Å². The number of hydrogen-bond acceptors (Lipinski definition) is 5. The van der Waals surface area contributed by atoms with Crippen LogP contribution in [0.5, 0.6) is 5.75 Å². The van der Waals surface area contributed by atoms with Gasteiger partial charge >= 0.3 is 0 Å². The van der Waals surface area contributed by atoms with Crippen LogP contribution in [0, 0.1) is 5.82 Å². The lowest BCUT2D eigenvalue weighted by atomic mass is 10.3. The molecule has 0 amide bonds. The van der Waals surface area contributed by atoms with Gasteiger partial charge in [-0.05, 0) is 17.8 Å². The first-order valence-electron chi connectivity index (χ1n) is 4.41. The molecule has 0 atom stereocenters.